The third-order valence-electron chi connectivity index (χ3n) is 3.70. The maximum absolute atomic E-state index is 12.7. The predicted molar refractivity (Wildman–Crippen MR) is 91.0 cm³/mol. The number of para-hydroxylation sites is 2. The van der Waals surface area contributed by atoms with Gasteiger partial charge in [0.2, 0.25) is 5.91 Å². The van der Waals surface area contributed by atoms with Crippen molar-refractivity contribution in [2.24, 2.45) is 0 Å². The number of carbonyl (C=O) groups excluding carboxylic acids is 1. The number of benzene rings is 2. The van der Waals surface area contributed by atoms with Crippen LogP contribution in [0.15, 0.2) is 73.4 Å². The molecule has 0 atom stereocenters. The number of nitrogens with one attached hydrogen (secondary N) is 1. The molecule has 0 unspecified atom stereocenters. The van der Waals surface area contributed by atoms with E-state index in [1.165, 1.54) is 0 Å². The van der Waals surface area contributed by atoms with Gasteiger partial charge in [-0.2, -0.15) is 0 Å². The third kappa shape index (κ3) is 2.79. The zero-order valence-electron chi connectivity index (χ0n) is 12.3. The van der Waals surface area contributed by atoms with Gasteiger partial charge < -0.3 is 9.88 Å². The molecule has 1 amide bonds. The lowest BCUT2D eigenvalue weighted by Crippen LogP contribution is -2.32. The molecule has 0 radical (unpaired) electrons. The average Bonchev–Trinajstić information content (AvgIpc) is 2.96. The summed E-state index contributed by atoms with van der Waals surface area (Å²) >= 11 is 0. The van der Waals surface area contributed by atoms with E-state index in [0.717, 1.165) is 22.2 Å². The van der Waals surface area contributed by atoms with E-state index in [4.69, 9.17) is 0 Å². The molecule has 2 aromatic carbocycles. The van der Waals surface area contributed by atoms with E-state index in [0.29, 0.717) is 13.0 Å². The Hall–Kier alpha value is -2.81. The summed E-state index contributed by atoms with van der Waals surface area (Å²) in [7, 11) is 0. The molecule has 0 aliphatic carbocycles. The number of nitrogens with zero attached hydrogens (tertiary/aromatic N) is 1. The number of aromatic nitrogens is 1. The van der Waals surface area contributed by atoms with Crippen LogP contribution in [-0.2, 0) is 11.2 Å². The van der Waals surface area contributed by atoms with Crippen molar-refractivity contribution in [3.05, 3.63) is 79.0 Å². The number of fused-ring (bicyclic) bond motifs is 1. The van der Waals surface area contributed by atoms with Crippen LogP contribution in [0, 0.1) is 0 Å². The van der Waals surface area contributed by atoms with Crippen molar-refractivity contribution in [2.45, 2.75) is 6.42 Å². The van der Waals surface area contributed by atoms with E-state index in [9.17, 15) is 4.79 Å². The number of carbonyl (C=O) groups is 1. The molecule has 1 aromatic heterocycles. The fraction of sp³-hybridized carbons (Fsp3) is 0.105. The lowest BCUT2D eigenvalue weighted by Gasteiger charge is -2.21. The minimum absolute atomic E-state index is 0.0656. The second-order valence-corrected chi connectivity index (χ2v) is 5.16. The average molecular weight is 290 g/mol. The lowest BCUT2D eigenvalue weighted by molar-refractivity contribution is -0.117. The minimum atomic E-state index is 0.0656. The summed E-state index contributed by atoms with van der Waals surface area (Å²) in [5.74, 6) is 0.0656. The maximum Gasteiger partial charge on any atom is 0.231 e. The highest BCUT2D eigenvalue weighted by atomic mass is 16.2. The third-order valence-corrected chi connectivity index (χ3v) is 3.70. The second-order valence-electron chi connectivity index (χ2n) is 5.16. The van der Waals surface area contributed by atoms with Crippen LogP contribution in [0.3, 0.4) is 0 Å². The molecule has 3 rings (SSSR count). The van der Waals surface area contributed by atoms with E-state index < -0.39 is 0 Å². The van der Waals surface area contributed by atoms with Crippen LogP contribution in [0.5, 0.6) is 0 Å². The van der Waals surface area contributed by atoms with Crippen LogP contribution in [-0.4, -0.2) is 17.4 Å². The van der Waals surface area contributed by atoms with Crippen molar-refractivity contribution in [3.63, 3.8) is 0 Å². The monoisotopic (exact) mass is 290 g/mol. The second kappa shape index (κ2) is 6.31. The van der Waals surface area contributed by atoms with Gasteiger partial charge in [0.05, 0.1) is 6.42 Å². The first kappa shape index (κ1) is 14.1. The molecule has 0 saturated heterocycles. The smallest absolute Gasteiger partial charge is 0.231 e. The predicted octanol–water partition coefficient (Wildman–Crippen LogP) is 3.93. The van der Waals surface area contributed by atoms with Gasteiger partial charge in [0, 0.05) is 29.3 Å². The molecule has 110 valence electrons. The molecule has 3 aromatic rings. The summed E-state index contributed by atoms with van der Waals surface area (Å²) in [5.41, 5.74) is 2.97. The standard InChI is InChI=1S/C19H18N2O/c1-2-12-21(16-8-4-3-5-9-16)19(22)13-15-14-20-18-11-7-6-10-17(15)18/h2-11,14,20H,1,12-13H2. The topological polar surface area (TPSA) is 36.1 Å². The molecule has 22 heavy (non-hydrogen) atoms. The molecule has 0 aliphatic heterocycles. The largest absolute Gasteiger partial charge is 0.361 e. The Kier molecular flexibility index (Phi) is 4.05. The van der Waals surface area contributed by atoms with Crippen molar-refractivity contribution in [2.75, 3.05) is 11.4 Å². The normalized spacial score (nSPS) is 10.5. The summed E-state index contributed by atoms with van der Waals surface area (Å²) in [5, 5.41) is 1.10. The number of hydrogen-bond acceptors (Lipinski definition) is 1. The molecular weight excluding hydrogens is 272 g/mol. The Balaban J connectivity index is 1.87. The van der Waals surface area contributed by atoms with Crippen molar-refractivity contribution in [1.82, 2.24) is 4.98 Å². The molecule has 0 saturated carbocycles. The highest BCUT2D eigenvalue weighted by Gasteiger charge is 2.16. The van der Waals surface area contributed by atoms with Gasteiger partial charge in [0.15, 0.2) is 0 Å². The minimum Gasteiger partial charge on any atom is -0.361 e. The number of rotatable bonds is 5. The number of hydrogen-bond donors (Lipinski definition) is 1. The van der Waals surface area contributed by atoms with Crippen LogP contribution in [0.4, 0.5) is 5.69 Å². The van der Waals surface area contributed by atoms with Gasteiger partial charge >= 0.3 is 0 Å². The Bertz CT molecular complexity index is 789. The molecule has 1 N–H and O–H groups in total. The summed E-state index contributed by atoms with van der Waals surface area (Å²) in [6, 6.07) is 17.7. The van der Waals surface area contributed by atoms with Crippen LogP contribution in [0.1, 0.15) is 5.56 Å². The van der Waals surface area contributed by atoms with Gasteiger partial charge in [-0.05, 0) is 23.8 Å². The first-order valence-electron chi connectivity index (χ1n) is 7.31. The molecule has 3 nitrogen and oxygen atoms in total. The van der Waals surface area contributed by atoms with Crippen LogP contribution in [0.25, 0.3) is 10.9 Å². The first-order chi connectivity index (χ1) is 10.8. The molecule has 0 bridgehead atoms. The maximum atomic E-state index is 12.7. The van der Waals surface area contributed by atoms with Gasteiger partial charge in [0.1, 0.15) is 0 Å². The van der Waals surface area contributed by atoms with E-state index in [2.05, 4.69) is 11.6 Å². The van der Waals surface area contributed by atoms with Gasteiger partial charge in [-0.1, -0.05) is 42.5 Å². The molecular formula is C19H18N2O. The van der Waals surface area contributed by atoms with E-state index in [-0.39, 0.29) is 5.91 Å². The quantitative estimate of drug-likeness (QED) is 0.710. The van der Waals surface area contributed by atoms with Crippen LogP contribution in [0.2, 0.25) is 0 Å². The zero-order chi connectivity index (χ0) is 15.4. The molecule has 0 spiro atoms. The fourth-order valence-electron chi connectivity index (χ4n) is 2.62. The van der Waals surface area contributed by atoms with E-state index >= 15 is 0 Å². The number of aromatic amines is 1. The van der Waals surface area contributed by atoms with Gasteiger partial charge in [-0.3, -0.25) is 4.79 Å². The Morgan fingerprint density at radius 1 is 1.09 bits per heavy atom. The SMILES string of the molecule is C=CCN(C(=O)Cc1c[nH]c2ccccc12)c1ccccc1. The Morgan fingerprint density at radius 3 is 2.59 bits per heavy atom. The van der Waals surface area contributed by atoms with Crippen LogP contribution >= 0.6 is 0 Å². The number of amides is 1. The van der Waals surface area contributed by atoms with Gasteiger partial charge in [-0.25, -0.2) is 0 Å². The fourth-order valence-corrected chi connectivity index (χ4v) is 2.62. The summed E-state index contributed by atoms with van der Waals surface area (Å²) in [6.07, 6.45) is 4.03. The highest BCUT2D eigenvalue weighted by molar-refractivity contribution is 5.97. The van der Waals surface area contributed by atoms with E-state index in [1.807, 2.05) is 60.8 Å². The molecule has 3 heteroatoms. The van der Waals surface area contributed by atoms with Gasteiger partial charge in [0.25, 0.3) is 0 Å². The highest BCUT2D eigenvalue weighted by Crippen LogP contribution is 2.20. The molecule has 0 aliphatic rings. The van der Waals surface area contributed by atoms with E-state index in [1.54, 1.807) is 11.0 Å². The Labute approximate surface area is 129 Å². The van der Waals surface area contributed by atoms with Crippen molar-refractivity contribution >= 4 is 22.5 Å². The molecule has 1 heterocycles. The zero-order valence-corrected chi connectivity index (χ0v) is 12.3. The number of H-pyrrole nitrogens is 1. The Morgan fingerprint density at radius 2 is 1.82 bits per heavy atom. The van der Waals surface area contributed by atoms with Gasteiger partial charge in [-0.15, -0.1) is 6.58 Å². The van der Waals surface area contributed by atoms with Crippen molar-refractivity contribution in [1.29, 1.82) is 0 Å². The summed E-state index contributed by atoms with van der Waals surface area (Å²) < 4.78 is 0. The van der Waals surface area contributed by atoms with Crippen LogP contribution < -0.4 is 4.90 Å². The van der Waals surface area contributed by atoms with Crippen molar-refractivity contribution < 1.29 is 4.79 Å². The van der Waals surface area contributed by atoms with Crippen molar-refractivity contribution in [3.8, 4) is 0 Å². The first-order valence-corrected chi connectivity index (χ1v) is 7.31. The number of anilines is 1. The molecule has 0 fully saturated rings. The lowest BCUT2D eigenvalue weighted by atomic mass is 10.1. The summed E-state index contributed by atoms with van der Waals surface area (Å²) in [6.45, 7) is 4.26. The summed E-state index contributed by atoms with van der Waals surface area (Å²) in [4.78, 5) is 17.7.